The molecule has 3 aromatic heterocycles. The van der Waals surface area contributed by atoms with Crippen LogP contribution in [0.3, 0.4) is 0 Å². The molecule has 0 unspecified atom stereocenters. The van der Waals surface area contributed by atoms with Crippen LogP contribution >= 0.6 is 11.3 Å². The van der Waals surface area contributed by atoms with Gasteiger partial charge in [-0.25, -0.2) is 9.97 Å². The topological polar surface area (TPSA) is 57.6 Å². The number of pyridine rings is 1. The summed E-state index contributed by atoms with van der Waals surface area (Å²) in [6.07, 6.45) is 3.62. The quantitative estimate of drug-likeness (QED) is 0.654. The van der Waals surface area contributed by atoms with Gasteiger partial charge in [-0.2, -0.15) is 0 Å². The molecule has 7 nitrogen and oxygen atoms in total. The summed E-state index contributed by atoms with van der Waals surface area (Å²) in [5.41, 5.74) is 1.99. The van der Waals surface area contributed by atoms with E-state index in [4.69, 9.17) is 14.7 Å². The smallest absolute Gasteiger partial charge is 0.163 e. The Hall–Kier alpha value is -2.13. The molecule has 0 radical (unpaired) electrons. The number of rotatable bonds is 4. The molecule has 0 aliphatic carbocycles. The van der Waals surface area contributed by atoms with Crippen molar-refractivity contribution in [3.05, 3.63) is 35.5 Å². The van der Waals surface area contributed by atoms with Crippen LogP contribution in [-0.2, 0) is 11.3 Å². The summed E-state index contributed by atoms with van der Waals surface area (Å²) in [4.78, 5) is 22.7. The Bertz CT molecular complexity index is 964. The van der Waals surface area contributed by atoms with Crippen LogP contribution in [0.2, 0.25) is 0 Å². The Morgan fingerprint density at radius 2 is 1.90 bits per heavy atom. The highest BCUT2D eigenvalue weighted by Gasteiger charge is 2.21. The van der Waals surface area contributed by atoms with Crippen molar-refractivity contribution >= 4 is 27.4 Å². The van der Waals surface area contributed by atoms with E-state index in [-0.39, 0.29) is 0 Å². The average Bonchev–Trinajstić information content (AvgIpc) is 3.18. The predicted molar refractivity (Wildman–Crippen MR) is 116 cm³/mol. The number of fused-ring (bicyclic) bond motifs is 1. The molecule has 29 heavy (non-hydrogen) atoms. The highest BCUT2D eigenvalue weighted by Crippen LogP contribution is 2.35. The fraction of sp³-hybridized carbons (Fsp3) is 0.476. The lowest BCUT2D eigenvalue weighted by molar-refractivity contribution is 0.122. The maximum Gasteiger partial charge on any atom is 0.163 e. The minimum atomic E-state index is 0.743. The van der Waals surface area contributed by atoms with E-state index in [1.807, 2.05) is 29.7 Å². The number of morpholine rings is 1. The van der Waals surface area contributed by atoms with Gasteiger partial charge in [0, 0.05) is 68.6 Å². The van der Waals surface area contributed by atoms with Crippen LogP contribution in [0.5, 0.6) is 0 Å². The van der Waals surface area contributed by atoms with Crippen molar-refractivity contribution in [3.63, 3.8) is 0 Å². The first-order chi connectivity index (χ1) is 14.3. The first-order valence-electron chi connectivity index (χ1n) is 10.2. The van der Waals surface area contributed by atoms with Crippen molar-refractivity contribution in [2.75, 3.05) is 64.4 Å². The molecule has 8 heteroatoms. The number of aromatic nitrogens is 3. The van der Waals surface area contributed by atoms with Gasteiger partial charge in [0.25, 0.3) is 0 Å². The maximum atomic E-state index is 5.56. The highest BCUT2D eigenvalue weighted by molar-refractivity contribution is 7.19. The molecule has 2 fully saturated rings. The molecule has 0 bridgehead atoms. The van der Waals surface area contributed by atoms with E-state index in [9.17, 15) is 0 Å². The van der Waals surface area contributed by atoms with E-state index >= 15 is 0 Å². The number of ether oxygens (including phenoxy) is 1. The van der Waals surface area contributed by atoms with Gasteiger partial charge in [-0.3, -0.25) is 9.88 Å². The Labute approximate surface area is 175 Å². The molecule has 0 amide bonds. The molecule has 0 atom stereocenters. The lowest BCUT2D eigenvalue weighted by Crippen LogP contribution is -2.43. The van der Waals surface area contributed by atoms with Crippen LogP contribution in [-0.4, -0.2) is 84.3 Å². The van der Waals surface area contributed by atoms with Gasteiger partial charge in [-0.1, -0.05) is 0 Å². The number of hydrogen-bond donors (Lipinski definition) is 0. The lowest BCUT2D eigenvalue weighted by Gasteiger charge is -2.31. The molecule has 5 rings (SSSR count). The molecule has 2 saturated heterocycles. The van der Waals surface area contributed by atoms with Crippen LogP contribution < -0.4 is 4.90 Å². The van der Waals surface area contributed by atoms with Crippen LogP contribution in [0.25, 0.3) is 21.6 Å². The van der Waals surface area contributed by atoms with Crippen molar-refractivity contribution in [3.8, 4) is 11.4 Å². The third kappa shape index (κ3) is 4.11. The molecule has 3 aromatic rings. The summed E-state index contributed by atoms with van der Waals surface area (Å²) in [6.45, 7) is 8.71. The van der Waals surface area contributed by atoms with Gasteiger partial charge in [-0.15, -0.1) is 11.3 Å². The standard InChI is InChI=1S/C21H26N6OS/c1-25-5-7-26(8-6-25)15-17-13-18-19(29-17)21(27-9-11-28-12-10-27)24-20(23-18)16-3-2-4-22-14-16/h2-4,13-14H,5-12,15H2,1H3. The minimum Gasteiger partial charge on any atom is -0.378 e. The molecular weight excluding hydrogens is 384 g/mol. The van der Waals surface area contributed by atoms with Gasteiger partial charge in [0.15, 0.2) is 11.6 Å². The number of hydrogen-bond acceptors (Lipinski definition) is 8. The largest absolute Gasteiger partial charge is 0.378 e. The van der Waals surface area contributed by atoms with Crippen LogP contribution in [0, 0.1) is 0 Å². The highest BCUT2D eigenvalue weighted by atomic mass is 32.1. The summed E-state index contributed by atoms with van der Waals surface area (Å²) in [6, 6.07) is 6.21. The van der Waals surface area contributed by atoms with Crippen molar-refractivity contribution in [2.24, 2.45) is 0 Å². The Kier molecular flexibility index (Phi) is 5.41. The Morgan fingerprint density at radius 3 is 2.66 bits per heavy atom. The molecule has 5 heterocycles. The number of nitrogens with zero attached hydrogens (tertiary/aromatic N) is 6. The zero-order valence-electron chi connectivity index (χ0n) is 16.8. The molecule has 0 spiro atoms. The first-order valence-corrected chi connectivity index (χ1v) is 11.0. The van der Waals surface area contributed by atoms with E-state index < -0.39 is 0 Å². The number of anilines is 1. The van der Waals surface area contributed by atoms with Crippen LogP contribution in [0.15, 0.2) is 30.6 Å². The first kappa shape index (κ1) is 18.9. The van der Waals surface area contributed by atoms with Crippen molar-refractivity contribution in [1.82, 2.24) is 24.8 Å². The average molecular weight is 411 g/mol. The maximum absolute atomic E-state index is 5.56. The van der Waals surface area contributed by atoms with Gasteiger partial charge < -0.3 is 14.5 Å². The normalized spacial score (nSPS) is 19.1. The molecule has 0 saturated carbocycles. The number of thiophene rings is 1. The monoisotopic (exact) mass is 410 g/mol. The Balaban J connectivity index is 1.51. The summed E-state index contributed by atoms with van der Waals surface area (Å²) >= 11 is 1.84. The van der Waals surface area contributed by atoms with Gasteiger partial charge in [0.1, 0.15) is 0 Å². The zero-order valence-corrected chi connectivity index (χ0v) is 17.6. The van der Waals surface area contributed by atoms with E-state index in [1.165, 1.54) is 9.58 Å². The minimum absolute atomic E-state index is 0.743. The van der Waals surface area contributed by atoms with Crippen LogP contribution in [0.1, 0.15) is 4.88 Å². The van der Waals surface area contributed by atoms with Crippen LogP contribution in [0.4, 0.5) is 5.82 Å². The fourth-order valence-electron chi connectivity index (χ4n) is 3.88. The van der Waals surface area contributed by atoms with Gasteiger partial charge in [0.2, 0.25) is 0 Å². The Morgan fingerprint density at radius 1 is 1.07 bits per heavy atom. The second kappa shape index (κ2) is 8.31. The summed E-state index contributed by atoms with van der Waals surface area (Å²) in [5.74, 6) is 1.78. The SMILES string of the molecule is CN1CCN(Cc2cc3nc(-c4cccnc4)nc(N4CCOCC4)c3s2)CC1. The van der Waals surface area contributed by atoms with Crippen molar-refractivity contribution in [2.45, 2.75) is 6.54 Å². The lowest BCUT2D eigenvalue weighted by atomic mass is 10.2. The van der Waals surface area contributed by atoms with Gasteiger partial charge >= 0.3 is 0 Å². The molecular formula is C21H26N6OS. The molecule has 0 N–H and O–H groups in total. The van der Waals surface area contributed by atoms with E-state index in [0.717, 1.165) is 81.7 Å². The van der Waals surface area contributed by atoms with E-state index in [1.54, 1.807) is 6.20 Å². The summed E-state index contributed by atoms with van der Waals surface area (Å²) < 4.78 is 6.74. The molecule has 2 aliphatic rings. The van der Waals surface area contributed by atoms with Gasteiger partial charge in [0.05, 0.1) is 23.4 Å². The van der Waals surface area contributed by atoms with Gasteiger partial charge in [-0.05, 0) is 25.2 Å². The van der Waals surface area contributed by atoms with Crippen molar-refractivity contribution in [1.29, 1.82) is 0 Å². The third-order valence-corrected chi connectivity index (χ3v) is 6.72. The second-order valence-electron chi connectivity index (χ2n) is 7.72. The van der Waals surface area contributed by atoms with E-state index in [2.05, 4.69) is 32.8 Å². The van der Waals surface area contributed by atoms with Crippen molar-refractivity contribution < 1.29 is 4.74 Å². The predicted octanol–water partition coefficient (Wildman–Crippen LogP) is 2.34. The molecule has 0 aromatic carbocycles. The van der Waals surface area contributed by atoms with E-state index in [0.29, 0.717) is 0 Å². The summed E-state index contributed by atoms with van der Waals surface area (Å²) in [5, 5.41) is 0. The zero-order chi connectivity index (χ0) is 19.6. The third-order valence-electron chi connectivity index (χ3n) is 5.61. The molecule has 152 valence electrons. The summed E-state index contributed by atoms with van der Waals surface area (Å²) in [7, 11) is 2.20. The number of likely N-dealkylation sites (N-methyl/N-ethyl adjacent to an activating group) is 1. The second-order valence-corrected chi connectivity index (χ2v) is 8.86. The number of piperazine rings is 1. The fourth-order valence-corrected chi connectivity index (χ4v) is 5.04. The molecule has 2 aliphatic heterocycles.